The molecule has 102 heavy (non-hydrogen) atoms. The maximum atomic E-state index is 15.8. The van der Waals surface area contributed by atoms with E-state index in [1.807, 2.05) is 20.8 Å². The number of aliphatic hydroxyl groups is 1. The highest BCUT2D eigenvalue weighted by molar-refractivity contribution is 6.21. The van der Waals surface area contributed by atoms with Crippen LogP contribution in [0.15, 0.2) is 0 Å². The van der Waals surface area contributed by atoms with Gasteiger partial charge in [-0.2, -0.15) is 13.2 Å². The van der Waals surface area contributed by atoms with Gasteiger partial charge in [-0.15, -0.1) is 11.6 Å². The lowest BCUT2D eigenvalue weighted by atomic mass is 9.78. The number of carbonyl (C=O) groups is 12. The van der Waals surface area contributed by atoms with Gasteiger partial charge >= 0.3 is 6.18 Å². The van der Waals surface area contributed by atoms with E-state index in [0.717, 1.165) is 77.4 Å². The molecule has 4 N–H and O–H groups in total. The van der Waals surface area contributed by atoms with E-state index in [-0.39, 0.29) is 69.6 Å². The first kappa shape index (κ1) is 84.6. The van der Waals surface area contributed by atoms with Gasteiger partial charge in [0.05, 0.1) is 38.1 Å². The monoisotopic (exact) mass is 1460 g/mol. The number of alkyl halides is 4. The summed E-state index contributed by atoms with van der Waals surface area (Å²) < 4.78 is 42.1. The topological polar surface area (TPSA) is 290 Å². The molecule has 6 rings (SSSR count). The Bertz CT molecular complexity index is 2920. The number of likely N-dealkylation sites (N-methyl/N-ethyl adjacent to an activating group) is 8. The molecule has 0 aromatic rings. The zero-order valence-electron chi connectivity index (χ0n) is 63.0. The fourth-order valence-electron chi connectivity index (χ4n) is 16.4. The number of rotatable bonds is 12. The maximum Gasteiger partial charge on any atom is 0.393 e. The van der Waals surface area contributed by atoms with Crippen LogP contribution in [0.25, 0.3) is 0 Å². The molecule has 4 saturated carbocycles. The standard InChI is InChI=1S/C73H120ClF3N12O13/c1-14-46(4)61-69(100)83(8)43-59(93)81(6)44-60(94)85(10)55(40-48-26-18-15-19-27-48)67(98)82(7)42-57(91)78-53(33-31-49-30-32-51(52(74)39-49)73(75,76)77)66(97)87(12)62(47(5)90)65(96)80-72(34-22-23-35-72)71(102)88(13)63(50-28-20-16-21-29-50)70(101)86(11)56(68(99)89-36-24-17-25-37-89)41-58(92)84(9)54(38-45(2)3)64(95)79-61/h45-56,61-63,90H,14-44H2,1-13H3,(H,78,91)(H,79,95)(H,80,96)/t46-,47+,49?,51?,52?,53-,54-,55-,56-,61-,62-,63-/m0/s1. The van der Waals surface area contributed by atoms with Crippen LogP contribution in [-0.2, 0) is 57.5 Å². The van der Waals surface area contributed by atoms with Gasteiger partial charge in [-0.1, -0.05) is 98.3 Å². The summed E-state index contributed by atoms with van der Waals surface area (Å²) in [4.78, 5) is 191. The summed E-state index contributed by atoms with van der Waals surface area (Å²) in [6.45, 7) is 7.59. The SMILES string of the molecule is CC[C@H](C)[C@@H]1NC(=O)[C@H](CC(C)C)N(C)C(=O)C[C@@H](C(=O)N2CCCCC2)N(C)C(=O)[C@H](C2CCCCC2)N(C)C(=O)C2(CCCC2)NC(=O)[C@H]([C@@H](C)O)N(C)C(=O)[C@H](CCC2CCC(C(F)(F)F)C(Cl)C2)NC(=O)CN(C)C(=O)[C@H](CC2CCCCC2)N(C)C(=O)CN(C)C(=O)CN(C)C1=O. The van der Waals surface area contributed by atoms with Gasteiger partial charge in [-0.05, 0) is 126 Å². The van der Waals surface area contributed by atoms with Crippen molar-refractivity contribution in [3.8, 4) is 0 Å². The molecule has 2 saturated heterocycles. The van der Waals surface area contributed by atoms with Crippen molar-refractivity contribution in [3.05, 3.63) is 0 Å². The molecule has 25 nitrogen and oxygen atoms in total. The van der Waals surface area contributed by atoms with Gasteiger partial charge in [0.25, 0.3) is 0 Å². The number of hydrogen-bond donors (Lipinski definition) is 4. The summed E-state index contributed by atoms with van der Waals surface area (Å²) in [6, 6.07) is -9.45. The van der Waals surface area contributed by atoms with E-state index in [4.69, 9.17) is 11.6 Å². The molecule has 4 aliphatic carbocycles. The van der Waals surface area contributed by atoms with Crippen LogP contribution in [0.2, 0.25) is 0 Å². The minimum atomic E-state index is -4.54. The average molecular weight is 1470 g/mol. The third-order valence-corrected chi connectivity index (χ3v) is 23.6. The summed E-state index contributed by atoms with van der Waals surface area (Å²) in [5.74, 6) is -11.7. The number of likely N-dealkylation sites (tertiary alicyclic amines) is 1. The fourth-order valence-corrected chi connectivity index (χ4v) is 16.9. The van der Waals surface area contributed by atoms with Gasteiger partial charge in [0.15, 0.2) is 0 Å². The van der Waals surface area contributed by atoms with Crippen molar-refractivity contribution in [1.29, 1.82) is 0 Å². The molecule has 2 heterocycles. The van der Waals surface area contributed by atoms with E-state index in [0.29, 0.717) is 58.0 Å². The van der Waals surface area contributed by atoms with Gasteiger partial charge < -0.3 is 65.2 Å². The number of hydrogen-bond acceptors (Lipinski definition) is 13. The Balaban J connectivity index is 1.44. The Morgan fingerprint density at radius 2 is 1.16 bits per heavy atom. The smallest absolute Gasteiger partial charge is 0.391 e. The van der Waals surface area contributed by atoms with Crippen molar-refractivity contribution in [2.75, 3.05) is 89.1 Å². The van der Waals surface area contributed by atoms with E-state index in [1.54, 1.807) is 11.8 Å². The zero-order chi connectivity index (χ0) is 75.8. The molecule has 3 unspecified atom stereocenters. The zero-order valence-corrected chi connectivity index (χ0v) is 63.7. The molecule has 0 aromatic carbocycles. The molecule has 12 atom stereocenters. The van der Waals surface area contributed by atoms with Crippen LogP contribution in [0.3, 0.4) is 0 Å². The molecule has 12 amide bonds. The molecular weight excluding hydrogens is 1350 g/mol. The van der Waals surface area contributed by atoms with Crippen LogP contribution in [0.5, 0.6) is 0 Å². The highest BCUT2D eigenvalue weighted by Gasteiger charge is 2.52. The molecule has 0 aromatic heterocycles. The largest absolute Gasteiger partial charge is 0.393 e. The van der Waals surface area contributed by atoms with E-state index >= 15 is 28.8 Å². The molecule has 6 fully saturated rings. The second-order valence-corrected chi connectivity index (χ2v) is 31.7. The number of piperidine rings is 1. The lowest BCUT2D eigenvalue weighted by molar-refractivity contribution is -0.182. The van der Waals surface area contributed by atoms with Gasteiger partial charge in [0.2, 0.25) is 70.9 Å². The quantitative estimate of drug-likeness (QED) is 0.171. The minimum Gasteiger partial charge on any atom is -0.391 e. The van der Waals surface area contributed by atoms with Crippen LogP contribution in [0, 0.1) is 35.5 Å². The first-order valence-corrected chi connectivity index (χ1v) is 38.0. The van der Waals surface area contributed by atoms with Crippen molar-refractivity contribution in [2.45, 2.75) is 267 Å². The predicted molar refractivity (Wildman–Crippen MR) is 378 cm³/mol. The Kier molecular flexibility index (Phi) is 31.6. The lowest BCUT2D eigenvalue weighted by Crippen LogP contribution is -2.66. The molecule has 2 aliphatic heterocycles. The number of aliphatic hydroxyl groups excluding tert-OH is 1. The molecule has 0 bridgehead atoms. The molecule has 1 spiro atoms. The highest BCUT2D eigenvalue weighted by Crippen LogP contribution is 2.44. The Morgan fingerprint density at radius 3 is 1.73 bits per heavy atom. The van der Waals surface area contributed by atoms with E-state index < -0.39 is 186 Å². The van der Waals surface area contributed by atoms with Crippen molar-refractivity contribution < 1.29 is 75.8 Å². The summed E-state index contributed by atoms with van der Waals surface area (Å²) in [7, 11) is 11.1. The lowest BCUT2D eigenvalue weighted by Gasteiger charge is -2.44. The van der Waals surface area contributed by atoms with Crippen molar-refractivity contribution >= 4 is 82.5 Å². The van der Waals surface area contributed by atoms with Crippen LogP contribution in [-0.4, -0.2) is 275 Å². The fraction of sp³-hybridized carbons (Fsp3) is 0.836. The number of halogens is 4. The normalized spacial score (nSPS) is 29.6. The molecular formula is C73H120ClF3N12O13. The van der Waals surface area contributed by atoms with Gasteiger partial charge in [-0.25, -0.2) is 0 Å². The predicted octanol–water partition coefficient (Wildman–Crippen LogP) is 5.70. The third kappa shape index (κ3) is 21.9. The first-order chi connectivity index (χ1) is 47.9. The summed E-state index contributed by atoms with van der Waals surface area (Å²) in [5, 5.41) is 18.9. The highest BCUT2D eigenvalue weighted by atomic mass is 35.5. The number of nitrogens with one attached hydrogen (secondary N) is 3. The number of nitrogens with zero attached hydrogens (tertiary/aromatic N) is 9. The Morgan fingerprint density at radius 1 is 0.588 bits per heavy atom. The minimum absolute atomic E-state index is 0.00511. The van der Waals surface area contributed by atoms with E-state index in [2.05, 4.69) is 16.0 Å². The van der Waals surface area contributed by atoms with E-state index in [1.165, 1.54) is 82.9 Å². The number of carbonyl (C=O) groups excluding carboxylic acids is 12. The van der Waals surface area contributed by atoms with Gasteiger partial charge in [0, 0.05) is 74.8 Å². The summed E-state index contributed by atoms with van der Waals surface area (Å²) in [6.07, 6.45) is 4.59. The summed E-state index contributed by atoms with van der Waals surface area (Å²) in [5.41, 5.74) is -1.70. The van der Waals surface area contributed by atoms with Gasteiger partial charge in [-0.3, -0.25) is 57.5 Å². The van der Waals surface area contributed by atoms with Crippen molar-refractivity contribution in [1.82, 2.24) is 60.0 Å². The molecule has 578 valence electrons. The Labute approximate surface area is 607 Å². The van der Waals surface area contributed by atoms with Crippen LogP contribution >= 0.6 is 11.6 Å². The first-order valence-electron chi connectivity index (χ1n) is 37.6. The summed E-state index contributed by atoms with van der Waals surface area (Å²) >= 11 is 6.39. The molecule has 29 heteroatoms. The van der Waals surface area contributed by atoms with Crippen LogP contribution < -0.4 is 16.0 Å². The maximum absolute atomic E-state index is 15.8. The Hall–Kier alpha value is -6.32. The average Bonchev–Trinajstić information content (AvgIpc) is 1.41. The van der Waals surface area contributed by atoms with E-state index in [9.17, 15) is 47.0 Å². The van der Waals surface area contributed by atoms with Crippen molar-refractivity contribution in [3.63, 3.8) is 0 Å². The second kappa shape index (κ2) is 38.1. The van der Waals surface area contributed by atoms with Crippen molar-refractivity contribution in [2.24, 2.45) is 35.5 Å². The second-order valence-electron chi connectivity index (χ2n) is 31.2. The third-order valence-electron chi connectivity index (χ3n) is 23.1. The molecule has 0 radical (unpaired) electrons. The number of amides is 12. The molecule has 6 aliphatic rings. The van der Waals surface area contributed by atoms with Crippen LogP contribution in [0.1, 0.15) is 202 Å². The van der Waals surface area contributed by atoms with Crippen LogP contribution in [0.4, 0.5) is 13.2 Å². The van der Waals surface area contributed by atoms with Gasteiger partial charge in [0.1, 0.15) is 47.8 Å².